The number of hydrogen-bond acceptors (Lipinski definition) is 2. The molecule has 2 aliphatic carbocycles. The van der Waals surface area contributed by atoms with E-state index in [1.54, 1.807) is 0 Å². The smallest absolute Gasteiger partial charge is 0.241 e. The maximum absolute atomic E-state index is 12.7. The van der Waals surface area contributed by atoms with Crippen LogP contribution in [0.2, 0.25) is 0 Å². The molecule has 3 nitrogen and oxygen atoms in total. The Bertz CT molecular complexity index is 506. The van der Waals surface area contributed by atoms with Crippen molar-refractivity contribution < 1.29 is 4.79 Å². The Morgan fingerprint density at radius 1 is 1.00 bits per heavy atom. The van der Waals surface area contributed by atoms with E-state index in [9.17, 15) is 4.79 Å². The average molecular weight is 256 g/mol. The molecular formula is C16H20N2O. The van der Waals surface area contributed by atoms with Gasteiger partial charge in [0.1, 0.15) is 5.54 Å². The summed E-state index contributed by atoms with van der Waals surface area (Å²) < 4.78 is 0. The van der Waals surface area contributed by atoms with E-state index in [-0.39, 0.29) is 17.0 Å². The molecule has 2 fully saturated rings. The van der Waals surface area contributed by atoms with Gasteiger partial charge in [-0.15, -0.1) is 0 Å². The van der Waals surface area contributed by atoms with E-state index < -0.39 is 0 Å². The number of piperazine rings is 1. The van der Waals surface area contributed by atoms with Gasteiger partial charge >= 0.3 is 0 Å². The highest BCUT2D eigenvalue weighted by Crippen LogP contribution is 2.37. The van der Waals surface area contributed by atoms with E-state index in [4.69, 9.17) is 0 Å². The molecule has 1 aromatic rings. The van der Waals surface area contributed by atoms with Gasteiger partial charge in [0.15, 0.2) is 0 Å². The predicted molar refractivity (Wildman–Crippen MR) is 73.9 cm³/mol. The summed E-state index contributed by atoms with van der Waals surface area (Å²) in [5.41, 5.74) is 2.33. The molecule has 3 aliphatic rings. The van der Waals surface area contributed by atoms with Crippen LogP contribution >= 0.6 is 0 Å². The van der Waals surface area contributed by atoms with E-state index >= 15 is 0 Å². The average Bonchev–Trinajstić information content (AvgIpc) is 3.00. The summed E-state index contributed by atoms with van der Waals surface area (Å²) in [5, 5.41) is 6.97. The molecule has 4 rings (SSSR count). The summed E-state index contributed by atoms with van der Waals surface area (Å²) >= 11 is 0. The Morgan fingerprint density at radius 2 is 1.63 bits per heavy atom. The molecule has 0 radical (unpaired) electrons. The van der Waals surface area contributed by atoms with Crippen molar-refractivity contribution in [1.82, 2.24) is 10.6 Å². The van der Waals surface area contributed by atoms with Crippen LogP contribution in [0.4, 0.5) is 0 Å². The quantitative estimate of drug-likeness (QED) is 0.739. The molecule has 1 saturated heterocycles. The number of hydrogen-bond donors (Lipinski definition) is 2. The Balaban J connectivity index is 1.60. The summed E-state index contributed by atoms with van der Waals surface area (Å²) in [6.07, 6.45) is 6.43. The molecule has 0 unspecified atom stereocenters. The lowest BCUT2D eigenvalue weighted by molar-refractivity contribution is -0.132. The van der Waals surface area contributed by atoms with E-state index in [0.717, 1.165) is 32.2 Å². The van der Waals surface area contributed by atoms with Crippen molar-refractivity contribution in [3.8, 4) is 0 Å². The number of nitrogens with one attached hydrogen (secondary N) is 2. The fourth-order valence-electron chi connectivity index (χ4n) is 4.08. The second-order valence-corrected chi connectivity index (χ2v) is 6.50. The maximum atomic E-state index is 12.7. The van der Waals surface area contributed by atoms with E-state index in [0.29, 0.717) is 0 Å². The van der Waals surface area contributed by atoms with Gasteiger partial charge in [0.25, 0.3) is 0 Å². The molecule has 2 N–H and O–H groups in total. The maximum Gasteiger partial charge on any atom is 0.241 e. The first-order valence-electron chi connectivity index (χ1n) is 7.36. The number of rotatable bonds is 0. The first-order chi connectivity index (χ1) is 9.22. The largest absolute Gasteiger partial charge is 0.348 e. The van der Waals surface area contributed by atoms with Gasteiger partial charge in [0.2, 0.25) is 5.91 Å². The van der Waals surface area contributed by atoms with Gasteiger partial charge in [-0.05, 0) is 24.0 Å². The lowest BCUT2D eigenvalue weighted by Crippen LogP contribution is -2.71. The third-order valence-corrected chi connectivity index (χ3v) is 5.24. The van der Waals surface area contributed by atoms with Crippen molar-refractivity contribution >= 4 is 5.91 Å². The molecule has 100 valence electrons. The minimum Gasteiger partial charge on any atom is -0.348 e. The van der Waals surface area contributed by atoms with Crippen LogP contribution in [0.25, 0.3) is 0 Å². The van der Waals surface area contributed by atoms with Crippen LogP contribution in [0, 0.1) is 0 Å². The molecule has 19 heavy (non-hydrogen) atoms. The Kier molecular flexibility index (Phi) is 2.31. The molecule has 1 heterocycles. The van der Waals surface area contributed by atoms with Crippen molar-refractivity contribution in [2.24, 2.45) is 0 Å². The standard InChI is InChI=1S/C16H20N2O/c19-14-16(9-12-5-1-2-6-13(12)10-16)17-11-15(18-14)7-3-4-8-15/h1-2,5-6,17H,3-4,7-11H2,(H,18,19). The molecule has 2 spiro atoms. The highest BCUT2D eigenvalue weighted by molar-refractivity contribution is 5.89. The lowest BCUT2D eigenvalue weighted by Gasteiger charge is -2.44. The Labute approximate surface area is 113 Å². The Morgan fingerprint density at radius 3 is 2.21 bits per heavy atom. The van der Waals surface area contributed by atoms with Crippen LogP contribution in [-0.2, 0) is 17.6 Å². The normalized spacial score (nSPS) is 26.6. The number of carbonyl (C=O) groups excluding carboxylic acids is 1. The highest BCUT2D eigenvalue weighted by Gasteiger charge is 2.51. The topological polar surface area (TPSA) is 41.1 Å². The van der Waals surface area contributed by atoms with Crippen LogP contribution in [0.15, 0.2) is 24.3 Å². The van der Waals surface area contributed by atoms with Crippen LogP contribution in [0.1, 0.15) is 36.8 Å². The molecule has 1 aromatic carbocycles. The molecular weight excluding hydrogens is 236 g/mol. The molecule has 1 saturated carbocycles. The fraction of sp³-hybridized carbons (Fsp3) is 0.562. The Hall–Kier alpha value is -1.35. The lowest BCUT2D eigenvalue weighted by atomic mass is 9.85. The van der Waals surface area contributed by atoms with Crippen LogP contribution in [0.3, 0.4) is 0 Å². The van der Waals surface area contributed by atoms with Gasteiger partial charge in [-0.25, -0.2) is 0 Å². The summed E-state index contributed by atoms with van der Waals surface area (Å²) in [6.45, 7) is 0.937. The SMILES string of the molecule is O=C1NC2(CCCC2)CNC12Cc1ccccc1C2. The second kappa shape index (κ2) is 3.83. The van der Waals surface area contributed by atoms with Crippen molar-refractivity contribution in [3.63, 3.8) is 0 Å². The van der Waals surface area contributed by atoms with Crippen LogP contribution in [-0.4, -0.2) is 23.5 Å². The van der Waals surface area contributed by atoms with Gasteiger partial charge in [-0.2, -0.15) is 0 Å². The number of amides is 1. The van der Waals surface area contributed by atoms with Crippen molar-refractivity contribution in [2.45, 2.75) is 49.6 Å². The third-order valence-electron chi connectivity index (χ3n) is 5.24. The first kappa shape index (κ1) is 11.5. The van der Waals surface area contributed by atoms with Gasteiger partial charge in [0.05, 0.1) is 5.54 Å². The predicted octanol–water partition coefficient (Wildman–Crippen LogP) is 1.56. The number of carbonyl (C=O) groups is 1. The van der Waals surface area contributed by atoms with Crippen LogP contribution < -0.4 is 10.6 Å². The molecule has 1 aliphatic heterocycles. The highest BCUT2D eigenvalue weighted by atomic mass is 16.2. The van der Waals surface area contributed by atoms with Gasteiger partial charge in [-0.3, -0.25) is 4.79 Å². The zero-order valence-electron chi connectivity index (χ0n) is 11.2. The van der Waals surface area contributed by atoms with Crippen molar-refractivity contribution in [1.29, 1.82) is 0 Å². The summed E-state index contributed by atoms with van der Waals surface area (Å²) in [4.78, 5) is 12.7. The van der Waals surface area contributed by atoms with Crippen molar-refractivity contribution in [2.75, 3.05) is 6.54 Å². The fourth-order valence-corrected chi connectivity index (χ4v) is 4.08. The van der Waals surface area contributed by atoms with Gasteiger partial charge in [0, 0.05) is 19.4 Å². The van der Waals surface area contributed by atoms with E-state index in [1.165, 1.54) is 24.0 Å². The molecule has 0 aromatic heterocycles. The molecule has 0 atom stereocenters. The number of benzene rings is 1. The molecule has 3 heteroatoms. The third kappa shape index (κ3) is 1.64. The monoisotopic (exact) mass is 256 g/mol. The summed E-state index contributed by atoms with van der Waals surface area (Å²) in [7, 11) is 0. The van der Waals surface area contributed by atoms with Gasteiger partial charge < -0.3 is 10.6 Å². The zero-order chi connectivity index (χ0) is 12.9. The zero-order valence-corrected chi connectivity index (χ0v) is 11.2. The van der Waals surface area contributed by atoms with E-state index in [2.05, 4.69) is 34.9 Å². The minimum atomic E-state index is -0.377. The molecule has 0 bridgehead atoms. The summed E-state index contributed by atoms with van der Waals surface area (Å²) in [6, 6.07) is 8.44. The first-order valence-corrected chi connectivity index (χ1v) is 7.36. The van der Waals surface area contributed by atoms with Gasteiger partial charge in [-0.1, -0.05) is 37.1 Å². The molecule has 1 amide bonds. The summed E-state index contributed by atoms with van der Waals surface area (Å²) in [5.74, 6) is 0.219. The second-order valence-electron chi connectivity index (χ2n) is 6.50. The number of fused-ring (bicyclic) bond motifs is 1. The van der Waals surface area contributed by atoms with E-state index in [1.807, 2.05) is 0 Å². The minimum absolute atomic E-state index is 0.0527. The van der Waals surface area contributed by atoms with Crippen molar-refractivity contribution in [3.05, 3.63) is 35.4 Å². The van der Waals surface area contributed by atoms with Crippen LogP contribution in [0.5, 0.6) is 0 Å².